The molecule has 0 bridgehead atoms. The van der Waals surface area contributed by atoms with Crippen LogP contribution in [0.15, 0.2) is 35.0 Å². The number of ketones is 4. The minimum atomic E-state index is -1.08. The van der Waals surface area contributed by atoms with E-state index in [-0.39, 0.29) is 54.2 Å². The number of hydrogen-bond acceptors (Lipinski definition) is 16. The van der Waals surface area contributed by atoms with E-state index >= 15 is 0 Å². The third-order valence-electron chi connectivity index (χ3n) is 8.40. The number of esters is 3. The predicted octanol–water partition coefficient (Wildman–Crippen LogP) is 8.31. The summed E-state index contributed by atoms with van der Waals surface area (Å²) in [6.07, 6.45) is -1.30. The third-order valence-corrected chi connectivity index (χ3v) is 12.8. The number of carboxylic acids is 1. The van der Waals surface area contributed by atoms with Gasteiger partial charge in [0.1, 0.15) is 6.10 Å². The second-order valence-corrected chi connectivity index (χ2v) is 17.0. The van der Waals surface area contributed by atoms with Gasteiger partial charge in [-0.3, -0.25) is 38.4 Å². The molecule has 58 heavy (non-hydrogen) atoms. The molecule has 1 aliphatic heterocycles. The van der Waals surface area contributed by atoms with E-state index in [1.54, 1.807) is 48.9 Å². The van der Waals surface area contributed by atoms with Crippen molar-refractivity contribution in [3.63, 3.8) is 0 Å². The Kier molecular flexibility index (Phi) is 19.2. The van der Waals surface area contributed by atoms with E-state index in [1.165, 1.54) is 53.6 Å². The number of aliphatic hydroxyl groups excluding tert-OH is 1. The predicted molar refractivity (Wildman–Crippen MR) is 223 cm³/mol. The summed E-state index contributed by atoms with van der Waals surface area (Å²) in [5.74, 6) is -3.10. The maximum atomic E-state index is 12.4. The van der Waals surface area contributed by atoms with Crippen LogP contribution in [0.3, 0.4) is 0 Å². The van der Waals surface area contributed by atoms with Gasteiger partial charge in [-0.05, 0) is 68.5 Å². The molecule has 1 fully saturated rings. The normalized spacial score (nSPS) is 14.4. The zero-order valence-electron chi connectivity index (χ0n) is 32.1. The number of thiophene rings is 4. The molecule has 0 aromatic carbocycles. The second kappa shape index (κ2) is 23.0. The van der Waals surface area contributed by atoms with E-state index in [2.05, 4.69) is 30.4 Å². The van der Waals surface area contributed by atoms with Gasteiger partial charge in [0.15, 0.2) is 11.6 Å². The van der Waals surface area contributed by atoms with Crippen LogP contribution in [-0.2, 0) is 28.7 Å². The quantitative estimate of drug-likeness (QED) is 0.0798. The van der Waals surface area contributed by atoms with Crippen molar-refractivity contribution in [2.75, 3.05) is 25.0 Å². The van der Waals surface area contributed by atoms with Crippen LogP contribution >= 0.6 is 68.5 Å². The molecule has 4 aromatic rings. The van der Waals surface area contributed by atoms with Crippen LogP contribution in [0.1, 0.15) is 143 Å². The average Bonchev–Trinajstić information content (AvgIpc) is 4.04. The van der Waals surface area contributed by atoms with Crippen LogP contribution in [0.25, 0.3) is 0 Å². The Labute approximate surface area is 360 Å². The Bertz CT molecular complexity index is 2030. The molecule has 3 aliphatic rings. The van der Waals surface area contributed by atoms with Gasteiger partial charge in [0.2, 0.25) is 11.6 Å². The van der Waals surface area contributed by atoms with Crippen molar-refractivity contribution in [3.8, 4) is 0 Å². The van der Waals surface area contributed by atoms with E-state index in [0.717, 1.165) is 11.3 Å². The Morgan fingerprint density at radius 3 is 1.52 bits per heavy atom. The summed E-state index contributed by atoms with van der Waals surface area (Å²) < 4.78 is 9.27. The molecule has 2 N–H and O–H groups in total. The van der Waals surface area contributed by atoms with Gasteiger partial charge in [0.25, 0.3) is 0 Å². The zero-order chi connectivity index (χ0) is 43.3. The van der Waals surface area contributed by atoms with Crippen molar-refractivity contribution in [2.45, 2.75) is 72.5 Å². The zero-order valence-corrected chi connectivity index (χ0v) is 36.9. The Morgan fingerprint density at radius 1 is 0.724 bits per heavy atom. The number of rotatable bonds is 9. The first-order valence-electron chi connectivity index (χ1n) is 17.8. The van der Waals surface area contributed by atoms with Crippen molar-refractivity contribution < 1.29 is 58.0 Å². The number of hydrogen-bond donors (Lipinski definition) is 2. The lowest BCUT2D eigenvalue weighted by Crippen LogP contribution is -2.21. The molecular formula is C39H41Cl2NO12S4. The van der Waals surface area contributed by atoms with Gasteiger partial charge >= 0.3 is 23.9 Å². The highest BCUT2D eigenvalue weighted by atomic mass is 35.5. The average molecular weight is 915 g/mol. The van der Waals surface area contributed by atoms with E-state index in [4.69, 9.17) is 33.0 Å². The fraction of sp³-hybridized carbons (Fsp3) is 0.385. The number of carbonyl (C=O) groups is 8. The molecule has 13 nitrogen and oxygen atoms in total. The first-order chi connectivity index (χ1) is 27.5. The highest BCUT2D eigenvalue weighted by Gasteiger charge is 2.35. The van der Waals surface area contributed by atoms with Gasteiger partial charge in [-0.2, -0.15) is 0 Å². The number of carboxylic acid groups (broad SMARTS) is 1. The molecular weight excluding hydrogens is 874 g/mol. The van der Waals surface area contributed by atoms with E-state index < -0.39 is 36.1 Å². The third kappa shape index (κ3) is 12.5. The molecule has 2 atom stereocenters. The van der Waals surface area contributed by atoms with Crippen molar-refractivity contribution in [2.24, 2.45) is 0 Å². The number of fused-ring (bicyclic) bond motifs is 4. The van der Waals surface area contributed by atoms with Crippen LogP contribution in [0.4, 0.5) is 0 Å². The van der Waals surface area contributed by atoms with E-state index in [0.29, 0.717) is 51.5 Å². The number of ether oxygens (including phenoxy) is 2. The SMILES string of the molecule is CC(O)c1cc2c(s1)C(=O)c1sccc1C2=O.CC(OC(=O)CCC(=O)O)c1cc2c(s1)C(=O)c1sccc1C2=O.CCN(CC)CC.ClCCl.O=C1CCC(=O)O1. The maximum Gasteiger partial charge on any atom is 0.314 e. The highest BCUT2D eigenvalue weighted by Crippen LogP contribution is 2.39. The summed E-state index contributed by atoms with van der Waals surface area (Å²) in [6.45, 7) is 13.4. The second-order valence-electron chi connectivity index (χ2n) is 12.2. The molecule has 2 unspecified atom stereocenters. The summed E-state index contributed by atoms with van der Waals surface area (Å²) in [5.41, 5.74) is 1.66. The Balaban J connectivity index is 0.000000228. The number of halogens is 2. The van der Waals surface area contributed by atoms with Crippen LogP contribution in [0, 0.1) is 0 Å². The lowest BCUT2D eigenvalue weighted by Gasteiger charge is -2.13. The molecule has 5 heterocycles. The van der Waals surface area contributed by atoms with Crippen LogP contribution in [-0.4, -0.2) is 87.1 Å². The molecule has 19 heteroatoms. The fourth-order valence-corrected chi connectivity index (χ4v) is 9.28. The molecule has 0 saturated carbocycles. The van der Waals surface area contributed by atoms with Crippen molar-refractivity contribution in [1.29, 1.82) is 0 Å². The molecule has 2 aliphatic carbocycles. The van der Waals surface area contributed by atoms with Gasteiger partial charge in [0, 0.05) is 32.0 Å². The Morgan fingerprint density at radius 2 is 1.16 bits per heavy atom. The smallest absolute Gasteiger partial charge is 0.314 e. The van der Waals surface area contributed by atoms with Gasteiger partial charge in [0.05, 0.1) is 56.6 Å². The van der Waals surface area contributed by atoms with Gasteiger partial charge in [-0.15, -0.1) is 68.5 Å². The number of carbonyl (C=O) groups excluding carboxylic acids is 7. The highest BCUT2D eigenvalue weighted by molar-refractivity contribution is 7.18. The monoisotopic (exact) mass is 913 g/mol. The molecule has 312 valence electrons. The topological polar surface area (TPSA) is 199 Å². The van der Waals surface area contributed by atoms with Gasteiger partial charge in [-0.25, -0.2) is 0 Å². The van der Waals surface area contributed by atoms with Crippen molar-refractivity contribution in [1.82, 2.24) is 4.90 Å². The van der Waals surface area contributed by atoms with Crippen molar-refractivity contribution in [3.05, 3.63) is 86.5 Å². The number of aliphatic hydroxyl groups is 1. The standard InChI is InChI=1S/C16H12O6S2.C12H8O3S2.C6H15N.C4H4O3.CH2Cl2/c1-7(22-12(19)3-2-11(17)18)10-6-9-13(20)8-4-5-23-15(8)14(21)16(9)24-10;1-5(13)8-4-7-9(14)6-2-3-16-11(6)10(15)12(7)17-8;1-4-7(5-2)6-3;5-3-1-2-4(6)7-3;2-1-3/h4-7H,2-3H2,1H3,(H,17,18);2-5,13H,1H3;4-6H2,1-3H3;1-2H2;1H2. The summed E-state index contributed by atoms with van der Waals surface area (Å²) in [5, 5.41) is 21.7. The van der Waals surface area contributed by atoms with Gasteiger partial charge < -0.3 is 24.6 Å². The molecule has 0 amide bonds. The Hall–Kier alpha value is -3.94. The first-order valence-corrected chi connectivity index (χ1v) is 22.3. The first kappa shape index (κ1) is 48.4. The summed E-state index contributed by atoms with van der Waals surface area (Å²) in [4.78, 5) is 96.7. The van der Waals surface area contributed by atoms with E-state index in [1.807, 2.05) is 0 Å². The molecule has 0 radical (unpaired) electrons. The number of nitrogens with zero attached hydrogens (tertiary/aromatic N) is 1. The van der Waals surface area contributed by atoms with Gasteiger partial charge in [-0.1, -0.05) is 20.8 Å². The summed E-state index contributed by atoms with van der Waals surface area (Å²) in [7, 11) is 0. The van der Waals surface area contributed by atoms with E-state index in [9.17, 15) is 43.5 Å². The number of aliphatic carboxylic acids is 1. The lowest BCUT2D eigenvalue weighted by atomic mass is 9.95. The minimum Gasteiger partial charge on any atom is -0.481 e. The molecule has 4 aromatic heterocycles. The fourth-order valence-electron chi connectivity index (χ4n) is 5.35. The largest absolute Gasteiger partial charge is 0.481 e. The minimum absolute atomic E-state index is 0.0958. The summed E-state index contributed by atoms with van der Waals surface area (Å²) in [6, 6.07) is 6.53. The number of alkyl halides is 2. The molecule has 0 spiro atoms. The molecule has 1 saturated heterocycles. The summed E-state index contributed by atoms with van der Waals surface area (Å²) >= 11 is 14.4. The lowest BCUT2D eigenvalue weighted by molar-refractivity contribution is -0.152. The number of cyclic esters (lactones) is 2. The maximum absolute atomic E-state index is 12.4. The van der Waals surface area contributed by atoms with Crippen LogP contribution in [0.2, 0.25) is 0 Å². The molecule has 7 rings (SSSR count). The van der Waals surface area contributed by atoms with Crippen LogP contribution in [0.5, 0.6) is 0 Å². The van der Waals surface area contributed by atoms with Crippen LogP contribution < -0.4 is 0 Å². The van der Waals surface area contributed by atoms with Crippen molar-refractivity contribution >= 4 is 116 Å².